The van der Waals surface area contributed by atoms with Crippen LogP contribution in [0.25, 0.3) is 0 Å². The molecule has 1 amide bonds. The summed E-state index contributed by atoms with van der Waals surface area (Å²) in [6.45, 7) is 8.93. The van der Waals surface area contributed by atoms with Crippen LogP contribution in [0.15, 0.2) is 6.07 Å². The molecule has 1 aliphatic heterocycles. The number of amides is 1. The van der Waals surface area contributed by atoms with Gasteiger partial charge in [-0.1, -0.05) is 0 Å². The number of nitrogens with zero attached hydrogens (tertiary/aromatic N) is 3. The minimum Gasteiger partial charge on any atom is -0.349 e. The SMILES string of the molecule is Cc1cc(C(=O)NCC2(N(C)C)CCSC2)nn1C(C)(C)C. The van der Waals surface area contributed by atoms with E-state index in [-0.39, 0.29) is 17.0 Å². The molecule has 2 rings (SSSR count). The summed E-state index contributed by atoms with van der Waals surface area (Å²) in [7, 11) is 4.19. The molecule has 1 aliphatic rings. The van der Waals surface area contributed by atoms with Crippen LogP contribution in [0.4, 0.5) is 0 Å². The summed E-state index contributed by atoms with van der Waals surface area (Å²) in [5.41, 5.74) is 1.47. The number of aryl methyl sites for hydroxylation is 1. The molecule has 1 unspecified atom stereocenters. The molecule has 0 radical (unpaired) electrons. The van der Waals surface area contributed by atoms with E-state index in [2.05, 4.69) is 50.2 Å². The van der Waals surface area contributed by atoms with Crippen LogP contribution in [-0.2, 0) is 5.54 Å². The van der Waals surface area contributed by atoms with Crippen molar-refractivity contribution in [3.63, 3.8) is 0 Å². The van der Waals surface area contributed by atoms with Gasteiger partial charge in [-0.25, -0.2) is 0 Å². The van der Waals surface area contributed by atoms with Crippen LogP contribution in [0, 0.1) is 6.92 Å². The van der Waals surface area contributed by atoms with Gasteiger partial charge in [0.1, 0.15) is 5.69 Å². The summed E-state index contributed by atoms with van der Waals surface area (Å²) in [6, 6.07) is 1.87. The highest BCUT2D eigenvalue weighted by atomic mass is 32.2. The Hall–Kier alpha value is -1.01. The number of nitrogens with one attached hydrogen (secondary N) is 1. The topological polar surface area (TPSA) is 50.2 Å². The molecule has 1 fully saturated rings. The zero-order chi connectivity index (χ0) is 16.5. The number of carbonyl (C=O) groups excluding carboxylic acids is 1. The summed E-state index contributed by atoms with van der Waals surface area (Å²) in [4.78, 5) is 14.7. The number of likely N-dealkylation sites (N-methyl/N-ethyl adjacent to an activating group) is 1. The number of hydrogen-bond acceptors (Lipinski definition) is 4. The van der Waals surface area contributed by atoms with E-state index >= 15 is 0 Å². The van der Waals surface area contributed by atoms with Crippen molar-refractivity contribution in [2.45, 2.75) is 45.2 Å². The van der Waals surface area contributed by atoms with E-state index in [1.54, 1.807) is 0 Å². The molecule has 0 aliphatic carbocycles. The molecule has 1 atom stereocenters. The second-order valence-corrected chi connectivity index (χ2v) is 8.46. The Morgan fingerprint density at radius 3 is 2.64 bits per heavy atom. The molecule has 124 valence electrons. The van der Waals surface area contributed by atoms with Gasteiger partial charge in [-0.2, -0.15) is 16.9 Å². The number of rotatable bonds is 4. The molecule has 1 saturated heterocycles. The van der Waals surface area contributed by atoms with Crippen molar-refractivity contribution in [2.75, 3.05) is 32.1 Å². The van der Waals surface area contributed by atoms with E-state index < -0.39 is 0 Å². The second-order valence-electron chi connectivity index (χ2n) is 7.36. The molecule has 22 heavy (non-hydrogen) atoms. The summed E-state index contributed by atoms with van der Waals surface area (Å²) in [6.07, 6.45) is 1.11. The first-order chi connectivity index (χ1) is 10.2. The van der Waals surface area contributed by atoms with E-state index in [1.165, 1.54) is 0 Å². The van der Waals surface area contributed by atoms with Gasteiger partial charge in [0.05, 0.1) is 5.54 Å². The van der Waals surface area contributed by atoms with Crippen LogP contribution in [0.3, 0.4) is 0 Å². The van der Waals surface area contributed by atoms with Crippen molar-refractivity contribution in [3.05, 3.63) is 17.5 Å². The highest BCUT2D eigenvalue weighted by Gasteiger charge is 2.37. The Kier molecular flexibility index (Phi) is 4.92. The molecule has 2 heterocycles. The van der Waals surface area contributed by atoms with Crippen LogP contribution in [-0.4, -0.2) is 58.3 Å². The minimum absolute atomic E-state index is 0.0714. The third-order valence-corrected chi connectivity index (χ3v) is 5.60. The van der Waals surface area contributed by atoms with Gasteiger partial charge in [0.15, 0.2) is 0 Å². The third-order valence-electron chi connectivity index (χ3n) is 4.36. The molecule has 0 bridgehead atoms. The highest BCUT2D eigenvalue weighted by Crippen LogP contribution is 2.31. The second kappa shape index (κ2) is 6.24. The van der Waals surface area contributed by atoms with Crippen molar-refractivity contribution in [2.24, 2.45) is 0 Å². The summed E-state index contributed by atoms with van der Waals surface area (Å²) in [5.74, 6) is 2.14. The summed E-state index contributed by atoms with van der Waals surface area (Å²) < 4.78 is 1.91. The first-order valence-electron chi connectivity index (χ1n) is 7.76. The Bertz CT molecular complexity index is 539. The Labute approximate surface area is 137 Å². The molecule has 6 heteroatoms. The van der Waals surface area contributed by atoms with Gasteiger partial charge in [0, 0.05) is 23.5 Å². The zero-order valence-electron chi connectivity index (χ0n) is 14.6. The van der Waals surface area contributed by atoms with Gasteiger partial charge in [-0.05, 0) is 60.0 Å². The van der Waals surface area contributed by atoms with Gasteiger partial charge >= 0.3 is 0 Å². The minimum atomic E-state index is -0.116. The van der Waals surface area contributed by atoms with Gasteiger partial charge < -0.3 is 10.2 Å². The molecule has 0 aromatic carbocycles. The quantitative estimate of drug-likeness (QED) is 0.922. The maximum atomic E-state index is 12.4. The molecular weight excluding hydrogens is 296 g/mol. The Morgan fingerprint density at radius 1 is 1.50 bits per heavy atom. The van der Waals surface area contributed by atoms with E-state index in [0.717, 1.165) is 23.6 Å². The predicted molar refractivity (Wildman–Crippen MR) is 92.7 cm³/mol. The smallest absolute Gasteiger partial charge is 0.271 e. The van der Waals surface area contributed by atoms with Crippen LogP contribution < -0.4 is 5.32 Å². The van der Waals surface area contributed by atoms with Crippen molar-refractivity contribution in [1.29, 1.82) is 0 Å². The summed E-state index contributed by atoms with van der Waals surface area (Å²) >= 11 is 1.95. The molecule has 0 spiro atoms. The molecule has 5 nitrogen and oxygen atoms in total. The molecular formula is C16H28N4OS. The fourth-order valence-electron chi connectivity index (χ4n) is 2.85. The normalized spacial score (nSPS) is 22.3. The van der Waals surface area contributed by atoms with Crippen molar-refractivity contribution >= 4 is 17.7 Å². The maximum Gasteiger partial charge on any atom is 0.271 e. The lowest BCUT2D eigenvalue weighted by atomic mass is 9.97. The molecule has 1 aromatic heterocycles. The first-order valence-corrected chi connectivity index (χ1v) is 8.92. The average Bonchev–Trinajstić information content (AvgIpc) is 3.02. The Balaban J connectivity index is 2.07. The number of aromatic nitrogens is 2. The van der Waals surface area contributed by atoms with Crippen LogP contribution in [0.5, 0.6) is 0 Å². The van der Waals surface area contributed by atoms with E-state index in [4.69, 9.17) is 0 Å². The van der Waals surface area contributed by atoms with Crippen molar-refractivity contribution < 1.29 is 4.79 Å². The monoisotopic (exact) mass is 324 g/mol. The van der Waals surface area contributed by atoms with Gasteiger partial charge in [-0.3, -0.25) is 9.48 Å². The molecule has 0 saturated carbocycles. The molecule has 1 N–H and O–H groups in total. The third kappa shape index (κ3) is 3.49. The largest absolute Gasteiger partial charge is 0.349 e. The number of thioether (sulfide) groups is 1. The lowest BCUT2D eigenvalue weighted by molar-refractivity contribution is 0.0907. The number of hydrogen-bond donors (Lipinski definition) is 1. The lowest BCUT2D eigenvalue weighted by Gasteiger charge is -2.35. The van der Waals surface area contributed by atoms with Crippen molar-refractivity contribution in [3.8, 4) is 0 Å². The zero-order valence-corrected chi connectivity index (χ0v) is 15.4. The first kappa shape index (κ1) is 17.3. The van der Waals surface area contributed by atoms with Crippen LogP contribution >= 0.6 is 11.8 Å². The van der Waals surface area contributed by atoms with Crippen LogP contribution in [0.2, 0.25) is 0 Å². The van der Waals surface area contributed by atoms with E-state index in [9.17, 15) is 4.79 Å². The number of carbonyl (C=O) groups is 1. The fraction of sp³-hybridized carbons (Fsp3) is 0.750. The van der Waals surface area contributed by atoms with Gasteiger partial charge in [0.2, 0.25) is 0 Å². The van der Waals surface area contributed by atoms with Gasteiger partial charge in [0.25, 0.3) is 5.91 Å². The lowest BCUT2D eigenvalue weighted by Crippen LogP contribution is -2.53. The van der Waals surface area contributed by atoms with E-state index in [0.29, 0.717) is 12.2 Å². The van der Waals surface area contributed by atoms with Crippen molar-refractivity contribution in [1.82, 2.24) is 20.0 Å². The fourth-order valence-corrected chi connectivity index (χ4v) is 4.40. The van der Waals surface area contributed by atoms with E-state index in [1.807, 2.05) is 29.4 Å². The molecule has 1 aromatic rings. The highest BCUT2D eigenvalue weighted by molar-refractivity contribution is 7.99. The standard InChI is InChI=1S/C16H28N4OS/c1-12-9-13(18-20(12)15(2,3)4)14(21)17-10-16(19(5)6)7-8-22-11-16/h9H,7-8,10-11H2,1-6H3,(H,17,21). The van der Waals surface area contributed by atoms with Crippen LogP contribution in [0.1, 0.15) is 43.4 Å². The summed E-state index contributed by atoms with van der Waals surface area (Å²) in [5, 5.41) is 7.56. The maximum absolute atomic E-state index is 12.4. The Morgan fingerprint density at radius 2 is 2.18 bits per heavy atom. The predicted octanol–water partition coefficient (Wildman–Crippen LogP) is 2.11. The average molecular weight is 324 g/mol. The van der Waals surface area contributed by atoms with Gasteiger partial charge in [-0.15, -0.1) is 0 Å².